The molecule has 0 aliphatic rings. The molecule has 0 saturated carbocycles. The van der Waals surface area contributed by atoms with Gasteiger partial charge in [0.2, 0.25) is 16.9 Å². The molecular weight excluding hydrogens is 501 g/mol. The van der Waals surface area contributed by atoms with Crippen LogP contribution in [-0.2, 0) is 15.8 Å². The highest BCUT2D eigenvalue weighted by Gasteiger charge is 2.30. The number of alkyl halides is 4. The Morgan fingerprint density at radius 1 is 1.06 bits per heavy atom. The summed E-state index contributed by atoms with van der Waals surface area (Å²) in [6, 6.07) is 13.6. The molecule has 3 aromatic rings. The fraction of sp³-hybridized carbons (Fsp3) is 0.333. The summed E-state index contributed by atoms with van der Waals surface area (Å²) < 4.78 is 38.2. The first-order chi connectivity index (χ1) is 16.7. The molecule has 0 spiro atoms. The summed E-state index contributed by atoms with van der Waals surface area (Å²) in [5.74, 6) is -0.625. The number of hydrogen-bond acceptors (Lipinski definition) is 5. The van der Waals surface area contributed by atoms with E-state index < -0.39 is 17.1 Å². The van der Waals surface area contributed by atoms with Crippen LogP contribution in [-0.4, -0.2) is 40.0 Å². The van der Waals surface area contributed by atoms with E-state index >= 15 is 0 Å². The Morgan fingerprint density at radius 2 is 1.74 bits per heavy atom. The molecule has 1 atom stereocenters. The van der Waals surface area contributed by atoms with Crippen LogP contribution >= 0.6 is 22.9 Å². The van der Waals surface area contributed by atoms with Gasteiger partial charge in [-0.2, -0.15) is 13.2 Å². The van der Waals surface area contributed by atoms with Gasteiger partial charge in [0.1, 0.15) is 10.4 Å². The maximum Gasteiger partial charge on any atom is 0.416 e. The maximum atomic E-state index is 12.9. The van der Waals surface area contributed by atoms with Gasteiger partial charge < -0.3 is 10.2 Å². The first-order valence-corrected chi connectivity index (χ1v) is 12.2. The van der Waals surface area contributed by atoms with Crippen LogP contribution in [0, 0.1) is 0 Å². The van der Waals surface area contributed by atoms with Crippen molar-refractivity contribution in [1.29, 1.82) is 0 Å². The average Bonchev–Trinajstić information content (AvgIpc) is 3.31. The van der Waals surface area contributed by atoms with Crippen molar-refractivity contribution in [2.24, 2.45) is 0 Å². The van der Waals surface area contributed by atoms with Gasteiger partial charge in [-0.1, -0.05) is 67.1 Å². The van der Waals surface area contributed by atoms with E-state index in [-0.39, 0.29) is 29.9 Å². The van der Waals surface area contributed by atoms with Crippen LogP contribution in [0.2, 0.25) is 0 Å². The molecule has 2 amide bonds. The summed E-state index contributed by atoms with van der Waals surface area (Å²) in [5, 5.41) is 10.2. The molecular formula is C24H24ClF3N4O2S. The number of hydrogen-bond donors (Lipinski definition) is 1. The van der Waals surface area contributed by atoms with Crippen molar-refractivity contribution in [3.8, 4) is 10.6 Å². The quantitative estimate of drug-likeness (QED) is 0.322. The number of nitrogens with one attached hydrogen (secondary N) is 1. The number of amides is 2. The van der Waals surface area contributed by atoms with Crippen LogP contribution in [0.1, 0.15) is 42.7 Å². The average molecular weight is 525 g/mol. The van der Waals surface area contributed by atoms with Crippen molar-refractivity contribution in [3.63, 3.8) is 0 Å². The van der Waals surface area contributed by atoms with Gasteiger partial charge in [0.25, 0.3) is 0 Å². The molecule has 35 heavy (non-hydrogen) atoms. The highest BCUT2D eigenvalue weighted by molar-refractivity contribution is 7.18. The summed E-state index contributed by atoms with van der Waals surface area (Å²) in [4.78, 5) is 27.0. The van der Waals surface area contributed by atoms with Crippen molar-refractivity contribution in [2.45, 2.75) is 37.7 Å². The van der Waals surface area contributed by atoms with Crippen molar-refractivity contribution in [1.82, 2.24) is 15.1 Å². The summed E-state index contributed by atoms with van der Waals surface area (Å²) in [6.45, 7) is 2.68. The second-order valence-corrected chi connectivity index (χ2v) is 9.15. The van der Waals surface area contributed by atoms with Crippen LogP contribution in [0.5, 0.6) is 0 Å². The van der Waals surface area contributed by atoms with Crippen LogP contribution in [0.25, 0.3) is 10.6 Å². The van der Waals surface area contributed by atoms with Crippen LogP contribution in [0.15, 0.2) is 54.6 Å². The number of carbonyl (C=O) groups excluding carboxylic acids is 2. The third-order valence-corrected chi connectivity index (χ3v) is 6.47. The summed E-state index contributed by atoms with van der Waals surface area (Å²) in [7, 11) is 0. The van der Waals surface area contributed by atoms with Crippen LogP contribution < -0.4 is 5.32 Å². The SMILES string of the molecule is CCCCN(CCC(=O)Nc1nnc(-c2ccc(C(F)(F)F)cc2)s1)C(=O)C(Cl)c1ccccc1. The van der Waals surface area contributed by atoms with Crippen LogP contribution in [0.4, 0.5) is 18.3 Å². The van der Waals surface area contributed by atoms with Gasteiger partial charge in [0, 0.05) is 25.1 Å². The Bertz CT molecular complexity index is 1120. The molecule has 0 aliphatic heterocycles. The summed E-state index contributed by atoms with van der Waals surface area (Å²) in [6.07, 6.45) is -2.73. The number of anilines is 1. The second-order valence-electron chi connectivity index (χ2n) is 7.74. The van der Waals surface area contributed by atoms with Crippen molar-refractivity contribution >= 4 is 39.9 Å². The van der Waals surface area contributed by atoms with Gasteiger partial charge in [-0.15, -0.1) is 21.8 Å². The third kappa shape index (κ3) is 7.50. The molecule has 186 valence electrons. The van der Waals surface area contributed by atoms with E-state index in [1.165, 1.54) is 12.1 Å². The Labute approximate surface area is 210 Å². The lowest BCUT2D eigenvalue weighted by Crippen LogP contribution is -2.36. The largest absolute Gasteiger partial charge is 0.416 e. The summed E-state index contributed by atoms with van der Waals surface area (Å²) in [5.41, 5.74) is 0.393. The Hall–Kier alpha value is -2.98. The van der Waals surface area contributed by atoms with Gasteiger partial charge in [0.15, 0.2) is 0 Å². The van der Waals surface area contributed by atoms with E-state index in [1.54, 1.807) is 17.0 Å². The van der Waals surface area contributed by atoms with Gasteiger partial charge in [0.05, 0.1) is 5.56 Å². The lowest BCUT2D eigenvalue weighted by molar-refractivity contribution is -0.137. The van der Waals surface area contributed by atoms with E-state index in [9.17, 15) is 22.8 Å². The van der Waals surface area contributed by atoms with Crippen molar-refractivity contribution in [2.75, 3.05) is 18.4 Å². The van der Waals surface area contributed by atoms with E-state index in [2.05, 4.69) is 15.5 Å². The first kappa shape index (κ1) is 26.6. The molecule has 11 heteroatoms. The minimum atomic E-state index is -4.42. The fourth-order valence-electron chi connectivity index (χ4n) is 3.22. The molecule has 0 aliphatic carbocycles. The molecule has 6 nitrogen and oxygen atoms in total. The van der Waals surface area contributed by atoms with E-state index in [0.717, 1.165) is 36.3 Å². The smallest absolute Gasteiger partial charge is 0.341 e. The Balaban J connectivity index is 1.58. The van der Waals surface area contributed by atoms with E-state index in [4.69, 9.17) is 11.6 Å². The standard InChI is InChI=1S/C24H24ClF3N4O2S/c1-2-3-14-32(22(34)20(25)16-7-5-4-6-8-16)15-13-19(33)29-23-31-30-21(35-23)17-9-11-18(12-10-17)24(26,27)28/h4-12,20H,2-3,13-15H2,1H3,(H,29,31,33). The van der Waals surface area contributed by atoms with Gasteiger partial charge in [-0.25, -0.2) is 0 Å². The molecule has 3 rings (SSSR count). The molecule has 1 heterocycles. The lowest BCUT2D eigenvalue weighted by Gasteiger charge is -2.25. The maximum absolute atomic E-state index is 12.9. The molecule has 0 radical (unpaired) electrons. The molecule has 1 unspecified atom stereocenters. The molecule has 0 saturated heterocycles. The van der Waals surface area contributed by atoms with Crippen molar-refractivity contribution < 1.29 is 22.8 Å². The zero-order valence-corrected chi connectivity index (χ0v) is 20.5. The Morgan fingerprint density at radius 3 is 2.37 bits per heavy atom. The molecule has 1 aromatic heterocycles. The lowest BCUT2D eigenvalue weighted by atomic mass is 10.1. The second kappa shape index (κ2) is 12.1. The number of rotatable bonds is 10. The fourth-order valence-corrected chi connectivity index (χ4v) is 4.27. The van der Waals surface area contributed by atoms with Gasteiger partial charge in [-0.3, -0.25) is 9.59 Å². The normalized spacial score (nSPS) is 12.3. The number of halogens is 4. The number of unbranched alkanes of at least 4 members (excludes halogenated alkanes) is 1. The summed E-state index contributed by atoms with van der Waals surface area (Å²) >= 11 is 7.45. The van der Waals surface area contributed by atoms with Gasteiger partial charge >= 0.3 is 6.18 Å². The molecule has 0 bridgehead atoms. The number of benzene rings is 2. The number of carbonyl (C=O) groups is 2. The molecule has 2 aromatic carbocycles. The third-order valence-electron chi connectivity index (χ3n) is 5.14. The minimum Gasteiger partial charge on any atom is -0.341 e. The van der Waals surface area contributed by atoms with Crippen LogP contribution in [0.3, 0.4) is 0 Å². The molecule has 1 N–H and O–H groups in total. The highest BCUT2D eigenvalue weighted by Crippen LogP contribution is 2.32. The highest BCUT2D eigenvalue weighted by atomic mass is 35.5. The predicted octanol–water partition coefficient (Wildman–Crippen LogP) is 6.16. The topological polar surface area (TPSA) is 75.2 Å². The minimum absolute atomic E-state index is 0.0308. The van der Waals surface area contributed by atoms with Crippen molar-refractivity contribution in [3.05, 3.63) is 65.7 Å². The number of aromatic nitrogens is 2. The van der Waals surface area contributed by atoms with Gasteiger partial charge in [-0.05, 0) is 24.1 Å². The number of nitrogens with zero attached hydrogens (tertiary/aromatic N) is 3. The first-order valence-electron chi connectivity index (χ1n) is 11.0. The zero-order chi connectivity index (χ0) is 25.4. The zero-order valence-electron chi connectivity index (χ0n) is 18.9. The predicted molar refractivity (Wildman–Crippen MR) is 130 cm³/mol. The van der Waals surface area contributed by atoms with E-state index in [0.29, 0.717) is 22.7 Å². The Kier molecular flexibility index (Phi) is 9.22. The monoisotopic (exact) mass is 524 g/mol. The molecule has 0 fully saturated rings. The van der Waals surface area contributed by atoms with E-state index in [1.807, 2.05) is 25.1 Å².